The molecule has 0 aliphatic heterocycles. The van der Waals surface area contributed by atoms with Crippen LogP contribution in [0.5, 0.6) is 0 Å². The van der Waals surface area contributed by atoms with Crippen molar-refractivity contribution in [2.75, 3.05) is 20.3 Å². The van der Waals surface area contributed by atoms with Crippen molar-refractivity contribution in [2.24, 2.45) is 0 Å². The van der Waals surface area contributed by atoms with Crippen LogP contribution >= 0.6 is 0 Å². The molecule has 8 nitrogen and oxygen atoms in total. The third-order valence-electron chi connectivity index (χ3n) is 8.37. The summed E-state index contributed by atoms with van der Waals surface area (Å²) in [5.74, 6) is 0.0393. The Balaban J connectivity index is 0. The number of aliphatic hydroxyl groups is 1. The molecule has 0 saturated carbocycles. The molecule has 0 heterocycles. The number of hydrogen-bond acceptors (Lipinski definition) is 7. The minimum absolute atomic E-state index is 0.0196. The lowest BCUT2D eigenvalue weighted by atomic mass is 9.97. The third kappa shape index (κ3) is 37.5. The fraction of sp³-hybridized carbons (Fsp3) is 0.944. The van der Waals surface area contributed by atoms with Crippen LogP contribution in [0.1, 0.15) is 194 Å². The van der Waals surface area contributed by atoms with Gasteiger partial charge in [-0.25, -0.2) is 0 Å². The molecule has 0 saturated heterocycles. The summed E-state index contributed by atoms with van der Waals surface area (Å²) < 4.78 is 29.7. The summed E-state index contributed by atoms with van der Waals surface area (Å²) >= 11 is 0. The summed E-state index contributed by atoms with van der Waals surface area (Å²) in [6, 6.07) is -0.716. The van der Waals surface area contributed by atoms with E-state index in [1.165, 1.54) is 141 Å². The Morgan fingerprint density at radius 1 is 0.556 bits per heavy atom. The first-order valence-corrected chi connectivity index (χ1v) is 20.0. The van der Waals surface area contributed by atoms with Crippen molar-refractivity contribution in [3.8, 4) is 0 Å². The van der Waals surface area contributed by atoms with Gasteiger partial charge in [-0.2, -0.15) is 8.42 Å². The molecule has 0 aliphatic carbocycles. The molecule has 3 N–H and O–H groups in total. The Labute approximate surface area is 278 Å². The second kappa shape index (κ2) is 36.0. The van der Waals surface area contributed by atoms with Crippen LogP contribution in [-0.2, 0) is 24.2 Å². The van der Waals surface area contributed by atoms with Crippen molar-refractivity contribution < 1.29 is 31.8 Å². The number of rotatable bonds is 34. The maximum atomic E-state index is 12.8. The highest BCUT2D eigenvalue weighted by Crippen LogP contribution is 2.15. The molecule has 0 amide bonds. The second-order valence-corrected chi connectivity index (χ2v) is 13.8. The van der Waals surface area contributed by atoms with E-state index in [0.29, 0.717) is 19.4 Å². The van der Waals surface area contributed by atoms with Crippen molar-refractivity contribution in [3.05, 3.63) is 0 Å². The molecule has 0 fully saturated rings. The van der Waals surface area contributed by atoms with Gasteiger partial charge in [-0.05, 0) is 12.8 Å². The number of ketones is 2. The van der Waals surface area contributed by atoms with Crippen molar-refractivity contribution >= 4 is 22.0 Å². The standard InChI is InChI=1S/C35H69NO3.CH4O4S/c1-3-5-7-9-11-13-15-17-19-21-23-25-27-29-33(38)35(36-31-32-37)34(39)30-28-26-24-22-20-18-16-14-12-10-8-6-4-2;1-5-6(2,3)4/h35-37H,3-32H2,1-2H3;1H3,(H,2,3,4). The normalized spacial score (nSPS) is 11.5. The maximum absolute atomic E-state index is 12.8. The summed E-state index contributed by atoms with van der Waals surface area (Å²) in [6.45, 7) is 4.79. The van der Waals surface area contributed by atoms with Crippen LogP contribution in [0, 0.1) is 0 Å². The third-order valence-corrected chi connectivity index (χ3v) is 8.79. The molecular weight excluding hydrogens is 590 g/mol. The lowest BCUT2D eigenvalue weighted by Gasteiger charge is -2.16. The first kappa shape index (κ1) is 46.2. The van der Waals surface area contributed by atoms with Crippen LogP contribution in [-0.4, -0.2) is 55.9 Å². The number of Topliss-reactive ketones (excluding diaryl/α,β-unsaturated/α-hetero) is 2. The molecule has 0 radical (unpaired) electrons. The van der Waals surface area contributed by atoms with E-state index in [4.69, 9.17) is 4.55 Å². The highest BCUT2D eigenvalue weighted by molar-refractivity contribution is 7.80. The fourth-order valence-electron chi connectivity index (χ4n) is 5.54. The topological polar surface area (TPSA) is 130 Å². The Kier molecular flexibility index (Phi) is 37.0. The molecule has 0 aliphatic rings. The minimum atomic E-state index is -4.16. The van der Waals surface area contributed by atoms with Gasteiger partial charge in [0.25, 0.3) is 0 Å². The smallest absolute Gasteiger partial charge is 0.395 e. The maximum Gasteiger partial charge on any atom is 0.397 e. The van der Waals surface area contributed by atoms with Gasteiger partial charge in [0.1, 0.15) is 6.04 Å². The molecule has 0 aromatic heterocycles. The van der Waals surface area contributed by atoms with Crippen molar-refractivity contribution in [1.82, 2.24) is 5.32 Å². The molecule has 9 heteroatoms. The van der Waals surface area contributed by atoms with Crippen LogP contribution in [0.15, 0.2) is 0 Å². The number of carbonyl (C=O) groups is 2. The van der Waals surface area contributed by atoms with Gasteiger partial charge < -0.3 is 5.11 Å². The van der Waals surface area contributed by atoms with E-state index in [2.05, 4.69) is 23.3 Å². The zero-order chi connectivity index (χ0) is 33.9. The summed E-state index contributed by atoms with van der Waals surface area (Å²) in [7, 11) is -3.29. The largest absolute Gasteiger partial charge is 0.397 e. The highest BCUT2D eigenvalue weighted by atomic mass is 32.3. The summed E-state index contributed by atoms with van der Waals surface area (Å²) in [6.07, 6.45) is 34.3. The Morgan fingerprint density at radius 2 is 0.800 bits per heavy atom. The number of nitrogens with one attached hydrogen (secondary N) is 1. The summed E-state index contributed by atoms with van der Waals surface area (Å²) in [5, 5.41) is 12.2. The molecule has 0 rings (SSSR count). The van der Waals surface area contributed by atoms with Gasteiger partial charge in [0.05, 0.1) is 13.7 Å². The zero-order valence-electron chi connectivity index (χ0n) is 29.6. The predicted molar refractivity (Wildman–Crippen MR) is 188 cm³/mol. The molecular formula is C36H73NO7S. The van der Waals surface area contributed by atoms with E-state index in [1.54, 1.807) is 0 Å². The Bertz CT molecular complexity index is 704. The average molecular weight is 664 g/mol. The summed E-state index contributed by atoms with van der Waals surface area (Å²) in [5.41, 5.74) is 0. The van der Waals surface area contributed by atoms with Crippen LogP contribution in [0.25, 0.3) is 0 Å². The number of hydrogen-bond donors (Lipinski definition) is 3. The SMILES string of the molecule is CCCCCCCCCCCCCCCC(=O)C(NCCO)C(=O)CCCCCCCCCCCCCCC.COS(=O)(=O)O. The lowest BCUT2D eigenvalue weighted by Crippen LogP contribution is -2.44. The second-order valence-electron chi connectivity index (χ2n) is 12.6. The highest BCUT2D eigenvalue weighted by Gasteiger charge is 2.24. The van der Waals surface area contributed by atoms with Gasteiger partial charge in [-0.1, -0.05) is 168 Å². The van der Waals surface area contributed by atoms with Crippen LogP contribution in [0.4, 0.5) is 0 Å². The number of aliphatic hydroxyl groups excluding tert-OH is 1. The van der Waals surface area contributed by atoms with Crippen molar-refractivity contribution in [1.29, 1.82) is 0 Å². The molecule has 270 valence electrons. The van der Waals surface area contributed by atoms with Crippen molar-refractivity contribution in [3.63, 3.8) is 0 Å². The van der Waals surface area contributed by atoms with E-state index >= 15 is 0 Å². The molecule has 45 heavy (non-hydrogen) atoms. The quantitative estimate of drug-likeness (QED) is 0.0353. The molecule has 0 spiro atoms. The van der Waals surface area contributed by atoms with E-state index in [-0.39, 0.29) is 18.2 Å². The van der Waals surface area contributed by atoms with E-state index < -0.39 is 16.4 Å². The minimum Gasteiger partial charge on any atom is -0.395 e. The number of carbonyl (C=O) groups excluding carboxylic acids is 2. The van der Waals surface area contributed by atoms with E-state index in [9.17, 15) is 23.1 Å². The van der Waals surface area contributed by atoms with E-state index in [0.717, 1.165) is 32.8 Å². The van der Waals surface area contributed by atoms with Gasteiger partial charge in [0, 0.05) is 19.4 Å². The lowest BCUT2D eigenvalue weighted by molar-refractivity contribution is -0.130. The average Bonchev–Trinajstić information content (AvgIpc) is 3.01. The van der Waals surface area contributed by atoms with Gasteiger partial charge in [0.15, 0.2) is 11.6 Å². The van der Waals surface area contributed by atoms with E-state index in [1.807, 2.05) is 0 Å². The first-order valence-electron chi connectivity index (χ1n) is 18.7. The monoisotopic (exact) mass is 664 g/mol. The van der Waals surface area contributed by atoms with Crippen LogP contribution in [0.2, 0.25) is 0 Å². The molecule has 0 atom stereocenters. The molecule has 0 unspecified atom stereocenters. The van der Waals surface area contributed by atoms with Gasteiger partial charge in [0.2, 0.25) is 0 Å². The Morgan fingerprint density at radius 3 is 1.02 bits per heavy atom. The van der Waals surface area contributed by atoms with Crippen molar-refractivity contribution in [2.45, 2.75) is 200 Å². The van der Waals surface area contributed by atoms with Gasteiger partial charge >= 0.3 is 10.4 Å². The van der Waals surface area contributed by atoms with Crippen LogP contribution in [0.3, 0.4) is 0 Å². The van der Waals surface area contributed by atoms with Gasteiger partial charge in [-0.15, -0.1) is 0 Å². The summed E-state index contributed by atoms with van der Waals surface area (Å²) in [4.78, 5) is 25.5. The first-order chi connectivity index (χ1) is 21.7. The molecule has 0 aromatic carbocycles. The zero-order valence-corrected chi connectivity index (χ0v) is 30.5. The molecule has 0 bridgehead atoms. The molecule has 0 aromatic rings. The Hall–Kier alpha value is -0.870. The van der Waals surface area contributed by atoms with Crippen LogP contribution < -0.4 is 5.32 Å². The van der Waals surface area contributed by atoms with Gasteiger partial charge in [-0.3, -0.25) is 23.6 Å². The fourth-order valence-corrected chi connectivity index (χ4v) is 5.54. The number of unbranched alkanes of at least 4 members (excludes halogenated alkanes) is 24. The predicted octanol–water partition coefficient (Wildman–Crippen LogP) is 9.47.